The molecule has 180 valence electrons. The highest BCUT2D eigenvalue weighted by molar-refractivity contribution is 6.07. The van der Waals surface area contributed by atoms with Crippen LogP contribution in [0.1, 0.15) is 34.4 Å². The molecule has 2 aromatic carbocycles. The molecular weight excluding hydrogens is 453 g/mol. The molecule has 2 N–H and O–H groups in total. The quantitative estimate of drug-likeness (QED) is 0.531. The van der Waals surface area contributed by atoms with Gasteiger partial charge in [0.2, 0.25) is 0 Å². The fourth-order valence-corrected chi connectivity index (χ4v) is 3.90. The Hall–Kier alpha value is -3.89. The molecule has 2 unspecified atom stereocenters. The molecule has 0 saturated carbocycles. The number of ether oxygens (including phenoxy) is 3. The third-order valence-corrected chi connectivity index (χ3v) is 5.64. The average Bonchev–Trinajstić information content (AvgIpc) is 3.26. The topological polar surface area (TPSA) is 86.6 Å². The van der Waals surface area contributed by atoms with Crippen molar-refractivity contribution >= 4 is 17.4 Å². The highest BCUT2D eigenvalue weighted by atomic mass is 19.4. The Morgan fingerprint density at radius 1 is 1.06 bits per heavy atom. The Kier molecular flexibility index (Phi) is 6.27. The maximum absolute atomic E-state index is 13.9. The number of benzene rings is 2. The van der Waals surface area contributed by atoms with E-state index in [0.29, 0.717) is 28.5 Å². The van der Waals surface area contributed by atoms with Gasteiger partial charge >= 0.3 is 6.18 Å². The lowest BCUT2D eigenvalue weighted by Gasteiger charge is -2.34. The van der Waals surface area contributed by atoms with Crippen molar-refractivity contribution < 1.29 is 32.2 Å². The second kappa shape index (κ2) is 9.16. The number of hydrogen-bond acceptors (Lipinski definition) is 6. The van der Waals surface area contributed by atoms with Crippen LogP contribution >= 0.6 is 0 Å². The van der Waals surface area contributed by atoms with Crippen LogP contribution in [0.5, 0.6) is 17.2 Å². The third kappa shape index (κ3) is 4.45. The zero-order valence-electron chi connectivity index (χ0n) is 18.6. The summed E-state index contributed by atoms with van der Waals surface area (Å²) in [6.07, 6.45) is -3.69. The van der Waals surface area contributed by atoms with Crippen LogP contribution in [0.15, 0.2) is 48.7 Å². The number of nitrogens with zero attached hydrogens (tertiary/aromatic N) is 2. The molecule has 0 bridgehead atoms. The fourth-order valence-electron chi connectivity index (χ4n) is 3.90. The molecule has 1 aliphatic rings. The van der Waals surface area contributed by atoms with Crippen LogP contribution in [-0.2, 0) is 0 Å². The van der Waals surface area contributed by atoms with Crippen molar-refractivity contribution in [2.75, 3.05) is 32.0 Å². The van der Waals surface area contributed by atoms with Crippen molar-refractivity contribution in [3.05, 3.63) is 59.8 Å². The number of hydrogen-bond donors (Lipinski definition) is 2. The minimum atomic E-state index is -4.55. The van der Waals surface area contributed by atoms with Crippen molar-refractivity contribution in [2.24, 2.45) is 0 Å². The lowest BCUT2D eigenvalue weighted by Crippen LogP contribution is -2.36. The van der Waals surface area contributed by atoms with Crippen LogP contribution in [-0.4, -0.2) is 43.2 Å². The first-order valence-corrected chi connectivity index (χ1v) is 10.3. The van der Waals surface area contributed by atoms with Gasteiger partial charge in [-0.05, 0) is 29.8 Å². The van der Waals surface area contributed by atoms with E-state index in [1.54, 1.807) is 42.5 Å². The first-order valence-electron chi connectivity index (χ1n) is 10.3. The van der Waals surface area contributed by atoms with Gasteiger partial charge in [0.05, 0.1) is 33.6 Å². The summed E-state index contributed by atoms with van der Waals surface area (Å²) >= 11 is 0. The molecule has 3 aromatic rings. The SMILES string of the molecule is COc1ccc(C2CC(C(F)(F)F)n3ncc(C(=O)Nc4ccc(OC)c(OC)c4)c3N2)cc1. The first-order chi connectivity index (χ1) is 16.2. The van der Waals surface area contributed by atoms with Crippen molar-refractivity contribution in [3.8, 4) is 17.2 Å². The summed E-state index contributed by atoms with van der Waals surface area (Å²) in [4.78, 5) is 13.0. The minimum Gasteiger partial charge on any atom is -0.497 e. The monoisotopic (exact) mass is 476 g/mol. The van der Waals surface area contributed by atoms with Gasteiger partial charge in [0.1, 0.15) is 17.1 Å². The predicted octanol–water partition coefficient (Wildman–Crippen LogP) is 4.82. The lowest BCUT2D eigenvalue weighted by atomic mass is 9.96. The molecule has 0 radical (unpaired) electrons. The van der Waals surface area contributed by atoms with Crippen LogP contribution in [0.4, 0.5) is 24.7 Å². The number of carbonyl (C=O) groups is 1. The standard InChI is InChI=1S/C23H23F3N4O4/c1-32-15-7-4-13(5-8-15)17-11-20(23(24,25)26)30-21(29-17)16(12-27-30)22(31)28-14-6-9-18(33-2)19(10-14)34-3/h4-10,12,17,20,29H,11H2,1-3H3,(H,28,31). The minimum absolute atomic E-state index is 0.00707. The summed E-state index contributed by atoms with van der Waals surface area (Å²) in [6.45, 7) is 0. The zero-order chi connectivity index (χ0) is 24.5. The Bertz CT molecular complexity index is 1180. The first kappa shape index (κ1) is 23.3. The van der Waals surface area contributed by atoms with E-state index in [4.69, 9.17) is 14.2 Å². The second-order valence-corrected chi connectivity index (χ2v) is 7.64. The maximum Gasteiger partial charge on any atom is 0.410 e. The molecule has 0 aliphatic carbocycles. The number of amides is 1. The second-order valence-electron chi connectivity index (χ2n) is 7.64. The molecule has 0 saturated heterocycles. The lowest BCUT2D eigenvalue weighted by molar-refractivity contribution is -0.173. The molecule has 0 spiro atoms. The number of nitrogens with one attached hydrogen (secondary N) is 2. The highest BCUT2D eigenvalue weighted by Crippen LogP contribution is 2.44. The highest BCUT2D eigenvalue weighted by Gasteiger charge is 2.47. The number of aromatic nitrogens is 2. The van der Waals surface area contributed by atoms with Crippen LogP contribution in [0, 0.1) is 0 Å². The van der Waals surface area contributed by atoms with Gasteiger partial charge in [-0.2, -0.15) is 18.3 Å². The zero-order valence-corrected chi connectivity index (χ0v) is 18.6. The van der Waals surface area contributed by atoms with Gasteiger partial charge in [-0.3, -0.25) is 4.79 Å². The van der Waals surface area contributed by atoms with E-state index in [9.17, 15) is 18.0 Å². The molecule has 1 aromatic heterocycles. The van der Waals surface area contributed by atoms with E-state index < -0.39 is 24.2 Å². The number of anilines is 2. The number of alkyl halides is 3. The number of halogens is 3. The van der Waals surface area contributed by atoms with Crippen LogP contribution < -0.4 is 24.8 Å². The Morgan fingerprint density at radius 2 is 1.76 bits per heavy atom. The Morgan fingerprint density at radius 3 is 2.38 bits per heavy atom. The number of fused-ring (bicyclic) bond motifs is 1. The molecule has 0 fully saturated rings. The number of carbonyl (C=O) groups excluding carboxylic acids is 1. The summed E-state index contributed by atoms with van der Waals surface area (Å²) < 4.78 is 58.1. The van der Waals surface area contributed by atoms with Crippen LogP contribution in [0.2, 0.25) is 0 Å². The van der Waals surface area contributed by atoms with Crippen molar-refractivity contribution in [1.29, 1.82) is 0 Å². The smallest absolute Gasteiger partial charge is 0.410 e. The van der Waals surface area contributed by atoms with E-state index in [0.717, 1.165) is 10.9 Å². The molecule has 2 heterocycles. The fraction of sp³-hybridized carbons (Fsp3) is 0.304. The number of rotatable bonds is 6. The molecule has 1 aliphatic heterocycles. The van der Waals surface area contributed by atoms with Crippen LogP contribution in [0.25, 0.3) is 0 Å². The van der Waals surface area contributed by atoms with E-state index in [-0.39, 0.29) is 17.8 Å². The van der Waals surface area contributed by atoms with Gasteiger partial charge in [0.15, 0.2) is 17.5 Å². The Balaban J connectivity index is 1.65. The van der Waals surface area contributed by atoms with E-state index >= 15 is 0 Å². The van der Waals surface area contributed by atoms with E-state index in [2.05, 4.69) is 15.7 Å². The summed E-state index contributed by atoms with van der Waals surface area (Å²) in [7, 11) is 4.45. The molecule has 2 atom stereocenters. The molecule has 1 amide bonds. The predicted molar refractivity (Wildman–Crippen MR) is 119 cm³/mol. The number of methoxy groups -OCH3 is 3. The van der Waals surface area contributed by atoms with E-state index in [1.807, 2.05) is 0 Å². The normalized spacial score (nSPS) is 17.4. The van der Waals surface area contributed by atoms with E-state index in [1.165, 1.54) is 21.3 Å². The third-order valence-electron chi connectivity index (χ3n) is 5.64. The van der Waals surface area contributed by atoms with Crippen molar-refractivity contribution in [1.82, 2.24) is 9.78 Å². The van der Waals surface area contributed by atoms with Gasteiger partial charge in [-0.1, -0.05) is 12.1 Å². The summed E-state index contributed by atoms with van der Waals surface area (Å²) in [5.74, 6) is 0.837. The largest absolute Gasteiger partial charge is 0.497 e. The van der Waals surface area contributed by atoms with Crippen molar-refractivity contribution in [2.45, 2.75) is 24.7 Å². The molecule has 11 heteroatoms. The maximum atomic E-state index is 13.9. The van der Waals surface area contributed by atoms with Crippen molar-refractivity contribution in [3.63, 3.8) is 0 Å². The summed E-state index contributed by atoms with van der Waals surface area (Å²) in [5.41, 5.74) is 1.01. The van der Waals surface area contributed by atoms with Gasteiger partial charge in [0, 0.05) is 18.2 Å². The molecular formula is C23H23F3N4O4. The van der Waals surface area contributed by atoms with Gasteiger partial charge in [-0.25, -0.2) is 4.68 Å². The van der Waals surface area contributed by atoms with Gasteiger partial charge < -0.3 is 24.8 Å². The Labute approximate surface area is 193 Å². The summed E-state index contributed by atoms with van der Waals surface area (Å²) in [5, 5.41) is 9.63. The molecule has 8 nitrogen and oxygen atoms in total. The van der Waals surface area contributed by atoms with Crippen LogP contribution in [0.3, 0.4) is 0 Å². The van der Waals surface area contributed by atoms with Gasteiger partial charge in [0.25, 0.3) is 5.91 Å². The molecule has 4 rings (SSSR count). The summed E-state index contributed by atoms with van der Waals surface area (Å²) in [6, 6.07) is 8.93. The van der Waals surface area contributed by atoms with Gasteiger partial charge in [-0.15, -0.1) is 0 Å². The average molecular weight is 476 g/mol. The molecule has 34 heavy (non-hydrogen) atoms.